The number of nitrogens with zero attached hydrogens (tertiary/aromatic N) is 2. The molecular weight excluding hydrogens is 356 g/mol. The number of rotatable bonds is 7. The Hall–Kier alpha value is -2.29. The summed E-state index contributed by atoms with van der Waals surface area (Å²) < 4.78 is 4.96. The van der Waals surface area contributed by atoms with Crippen LogP contribution in [0, 0.1) is 11.8 Å². The van der Waals surface area contributed by atoms with Gasteiger partial charge in [0.1, 0.15) is 6.29 Å². The van der Waals surface area contributed by atoms with Crippen molar-refractivity contribution in [1.29, 1.82) is 0 Å². The first kappa shape index (κ1) is 20.0. The lowest BCUT2D eigenvalue weighted by Gasteiger charge is -2.37. The zero-order chi connectivity index (χ0) is 20.5. The molecule has 2 aromatic heterocycles. The topological polar surface area (TPSA) is 26.9 Å². The molecule has 29 heavy (non-hydrogen) atoms. The molecule has 3 unspecified atom stereocenters. The van der Waals surface area contributed by atoms with Crippen molar-refractivity contribution in [2.45, 2.75) is 72.4 Å². The van der Waals surface area contributed by atoms with Gasteiger partial charge in [-0.25, -0.2) is 0 Å². The van der Waals surface area contributed by atoms with Gasteiger partial charge in [-0.1, -0.05) is 45.4 Å². The van der Waals surface area contributed by atoms with Crippen molar-refractivity contribution in [3.63, 3.8) is 0 Å². The van der Waals surface area contributed by atoms with E-state index in [-0.39, 0.29) is 5.92 Å². The number of hydrogen-bond donors (Lipinski definition) is 0. The second kappa shape index (κ2) is 8.22. The van der Waals surface area contributed by atoms with Crippen LogP contribution in [0.4, 0.5) is 0 Å². The highest BCUT2D eigenvalue weighted by atomic mass is 16.1. The monoisotopic (exact) mass is 390 g/mol. The molecule has 0 N–H and O–H groups in total. The van der Waals surface area contributed by atoms with Crippen molar-refractivity contribution in [3.8, 4) is 0 Å². The molecule has 0 bridgehead atoms. The maximum atomic E-state index is 12.6. The Morgan fingerprint density at radius 3 is 2.24 bits per heavy atom. The first-order chi connectivity index (χ1) is 14.2. The highest BCUT2D eigenvalue weighted by Crippen LogP contribution is 2.45. The molecular formula is C26H34N2O. The van der Waals surface area contributed by atoms with Crippen molar-refractivity contribution < 1.29 is 4.79 Å². The number of aldehydes is 1. The van der Waals surface area contributed by atoms with Gasteiger partial charge in [-0.15, -0.1) is 0 Å². The Balaban J connectivity index is 1.85. The third-order valence-electron chi connectivity index (χ3n) is 7.24. The van der Waals surface area contributed by atoms with E-state index in [1.807, 2.05) is 0 Å². The van der Waals surface area contributed by atoms with Gasteiger partial charge in [-0.2, -0.15) is 0 Å². The molecule has 3 atom stereocenters. The summed E-state index contributed by atoms with van der Waals surface area (Å²) >= 11 is 0. The Morgan fingerprint density at radius 2 is 1.66 bits per heavy atom. The predicted molar refractivity (Wildman–Crippen MR) is 121 cm³/mol. The second-order valence-electron chi connectivity index (χ2n) is 8.45. The molecule has 1 aromatic carbocycles. The van der Waals surface area contributed by atoms with Crippen LogP contribution in [0.2, 0.25) is 0 Å². The molecule has 0 aliphatic heterocycles. The van der Waals surface area contributed by atoms with Gasteiger partial charge in [0.2, 0.25) is 0 Å². The average Bonchev–Trinajstić information content (AvgIpc) is 3.30. The first-order valence-electron chi connectivity index (χ1n) is 11.4. The van der Waals surface area contributed by atoms with Gasteiger partial charge in [-0.3, -0.25) is 0 Å². The van der Waals surface area contributed by atoms with E-state index in [0.29, 0.717) is 11.8 Å². The van der Waals surface area contributed by atoms with Gasteiger partial charge in [0, 0.05) is 47.0 Å². The van der Waals surface area contributed by atoms with E-state index in [1.165, 1.54) is 39.8 Å². The SMILES string of the molecule is CCc1ccc(CC)n1CC1C(CC)Cc2c(c3ccccc3n2CC)C1C=O. The maximum Gasteiger partial charge on any atom is 0.127 e. The lowest BCUT2D eigenvalue weighted by molar-refractivity contribution is -0.111. The summed E-state index contributed by atoms with van der Waals surface area (Å²) in [6.45, 7) is 10.9. The van der Waals surface area contributed by atoms with E-state index in [2.05, 4.69) is 73.2 Å². The van der Waals surface area contributed by atoms with Crippen LogP contribution in [0.1, 0.15) is 62.7 Å². The second-order valence-corrected chi connectivity index (χ2v) is 8.45. The molecule has 0 saturated carbocycles. The number of aryl methyl sites for hydroxylation is 3. The standard InChI is InChI=1S/C26H34N2O/c1-5-18-15-25-26(21-11-9-10-12-24(21)27(25)8-4)23(17-29)22(18)16-28-19(6-2)13-14-20(28)7-3/h9-14,17-18,22-23H,5-8,15-16H2,1-4H3. The lowest BCUT2D eigenvalue weighted by atomic mass is 9.69. The van der Waals surface area contributed by atoms with Gasteiger partial charge < -0.3 is 13.9 Å². The Kier molecular flexibility index (Phi) is 5.67. The van der Waals surface area contributed by atoms with E-state index < -0.39 is 0 Å². The van der Waals surface area contributed by atoms with Gasteiger partial charge in [0.05, 0.1) is 0 Å². The summed E-state index contributed by atoms with van der Waals surface area (Å²) in [6.07, 6.45) is 5.52. The lowest BCUT2D eigenvalue weighted by Crippen LogP contribution is -2.34. The summed E-state index contributed by atoms with van der Waals surface area (Å²) in [7, 11) is 0. The number of benzene rings is 1. The van der Waals surface area contributed by atoms with Crippen LogP contribution in [-0.4, -0.2) is 15.4 Å². The van der Waals surface area contributed by atoms with E-state index >= 15 is 0 Å². The largest absolute Gasteiger partial charge is 0.348 e. The third kappa shape index (κ3) is 3.15. The Morgan fingerprint density at radius 1 is 0.966 bits per heavy atom. The van der Waals surface area contributed by atoms with Crippen LogP contribution in [0.15, 0.2) is 36.4 Å². The van der Waals surface area contributed by atoms with E-state index in [9.17, 15) is 4.79 Å². The van der Waals surface area contributed by atoms with Crippen LogP contribution < -0.4 is 0 Å². The molecule has 154 valence electrons. The van der Waals surface area contributed by atoms with Crippen molar-refractivity contribution in [2.24, 2.45) is 11.8 Å². The first-order valence-corrected chi connectivity index (χ1v) is 11.4. The highest BCUT2D eigenvalue weighted by molar-refractivity contribution is 5.89. The average molecular weight is 391 g/mol. The van der Waals surface area contributed by atoms with Gasteiger partial charge in [-0.05, 0) is 61.8 Å². The van der Waals surface area contributed by atoms with E-state index in [0.717, 1.165) is 38.8 Å². The number of para-hydroxylation sites is 1. The molecule has 0 saturated heterocycles. The molecule has 1 aliphatic carbocycles. The number of fused-ring (bicyclic) bond motifs is 3. The molecule has 3 heteroatoms. The quantitative estimate of drug-likeness (QED) is 0.471. The fourth-order valence-corrected chi connectivity index (χ4v) is 5.74. The van der Waals surface area contributed by atoms with Gasteiger partial charge >= 0.3 is 0 Å². The smallest absolute Gasteiger partial charge is 0.127 e. The van der Waals surface area contributed by atoms with Crippen LogP contribution in [0.5, 0.6) is 0 Å². The van der Waals surface area contributed by atoms with Crippen molar-refractivity contribution >= 4 is 17.2 Å². The van der Waals surface area contributed by atoms with Crippen LogP contribution >= 0.6 is 0 Å². The molecule has 0 spiro atoms. The third-order valence-corrected chi connectivity index (χ3v) is 7.24. The molecule has 0 radical (unpaired) electrons. The van der Waals surface area contributed by atoms with Crippen molar-refractivity contribution in [3.05, 3.63) is 59.0 Å². The molecule has 2 heterocycles. The summed E-state index contributed by atoms with van der Waals surface area (Å²) in [4.78, 5) is 12.6. The summed E-state index contributed by atoms with van der Waals surface area (Å²) in [5.41, 5.74) is 6.77. The number of hydrogen-bond acceptors (Lipinski definition) is 1. The molecule has 3 nitrogen and oxygen atoms in total. The van der Waals surface area contributed by atoms with Crippen LogP contribution in [-0.2, 0) is 37.1 Å². The normalized spacial score (nSPS) is 21.4. The Labute approximate surface area is 174 Å². The highest BCUT2D eigenvalue weighted by Gasteiger charge is 2.39. The number of aromatic nitrogens is 2. The zero-order valence-corrected chi connectivity index (χ0v) is 18.3. The van der Waals surface area contributed by atoms with Gasteiger partial charge in [0.15, 0.2) is 0 Å². The molecule has 1 aliphatic rings. The summed E-state index contributed by atoms with van der Waals surface area (Å²) in [6, 6.07) is 13.2. The predicted octanol–water partition coefficient (Wildman–Crippen LogP) is 5.77. The minimum Gasteiger partial charge on any atom is -0.348 e. The molecule has 3 aromatic rings. The fourth-order valence-electron chi connectivity index (χ4n) is 5.74. The van der Waals surface area contributed by atoms with Crippen LogP contribution in [0.25, 0.3) is 10.9 Å². The zero-order valence-electron chi connectivity index (χ0n) is 18.3. The fraction of sp³-hybridized carbons (Fsp3) is 0.500. The molecule has 4 rings (SSSR count). The van der Waals surface area contributed by atoms with Crippen LogP contribution in [0.3, 0.4) is 0 Å². The summed E-state index contributed by atoms with van der Waals surface area (Å²) in [5.74, 6) is 0.853. The van der Waals surface area contributed by atoms with Gasteiger partial charge in [0.25, 0.3) is 0 Å². The minimum atomic E-state index is -0.0294. The van der Waals surface area contributed by atoms with Crippen molar-refractivity contribution in [2.75, 3.05) is 0 Å². The summed E-state index contributed by atoms with van der Waals surface area (Å²) in [5, 5.41) is 1.28. The molecule has 0 fully saturated rings. The maximum absolute atomic E-state index is 12.6. The Bertz CT molecular complexity index is 988. The van der Waals surface area contributed by atoms with Crippen molar-refractivity contribution in [1.82, 2.24) is 9.13 Å². The number of carbonyl (C=O) groups is 1. The van der Waals surface area contributed by atoms with E-state index in [1.54, 1.807) is 0 Å². The molecule has 0 amide bonds. The minimum absolute atomic E-state index is 0.0294. The van der Waals surface area contributed by atoms with E-state index in [4.69, 9.17) is 0 Å². The number of carbonyl (C=O) groups excluding carboxylic acids is 1.